The van der Waals surface area contributed by atoms with Crippen molar-refractivity contribution in [1.82, 2.24) is 5.32 Å². The molecule has 1 aromatic rings. The van der Waals surface area contributed by atoms with Crippen LogP contribution in [0.5, 0.6) is 0 Å². The molecule has 1 fully saturated rings. The molecule has 0 radical (unpaired) electrons. The fourth-order valence-electron chi connectivity index (χ4n) is 2.39. The number of aryl methyl sites for hydroxylation is 1. The molecule has 0 heterocycles. The first-order valence-corrected chi connectivity index (χ1v) is 8.27. The van der Waals surface area contributed by atoms with Crippen molar-refractivity contribution in [2.75, 3.05) is 0 Å². The van der Waals surface area contributed by atoms with Gasteiger partial charge in [0.05, 0.1) is 4.90 Å². The quantitative estimate of drug-likeness (QED) is 0.883. The molecule has 0 aliphatic heterocycles. The van der Waals surface area contributed by atoms with Crippen molar-refractivity contribution < 1.29 is 13.2 Å². The van der Waals surface area contributed by atoms with Crippen molar-refractivity contribution in [3.05, 3.63) is 29.3 Å². The Balaban J connectivity index is 2.19. The Morgan fingerprint density at radius 2 is 2.00 bits per heavy atom. The Morgan fingerprint density at radius 3 is 2.50 bits per heavy atom. The molecular formula is C14H20N2O3S. The van der Waals surface area contributed by atoms with E-state index in [1.54, 1.807) is 13.0 Å². The first-order chi connectivity index (χ1) is 9.27. The highest BCUT2D eigenvalue weighted by Crippen LogP contribution is 2.29. The van der Waals surface area contributed by atoms with Crippen LogP contribution in [-0.2, 0) is 10.0 Å². The molecule has 0 aromatic heterocycles. The average Bonchev–Trinajstić information content (AvgIpc) is 2.24. The van der Waals surface area contributed by atoms with Crippen LogP contribution in [0.25, 0.3) is 0 Å². The topological polar surface area (TPSA) is 89.3 Å². The fraction of sp³-hybridized carbons (Fsp3) is 0.500. The van der Waals surface area contributed by atoms with Crippen molar-refractivity contribution in [3.63, 3.8) is 0 Å². The largest absolute Gasteiger partial charge is 0.349 e. The molecule has 1 saturated carbocycles. The molecular weight excluding hydrogens is 276 g/mol. The SMILES string of the molecule is Cc1cc(C(=O)NC(C)C2CCC2)cc(S(N)(=O)=O)c1. The molecule has 0 saturated heterocycles. The molecule has 6 heteroatoms. The van der Waals surface area contributed by atoms with E-state index in [0.717, 1.165) is 12.8 Å². The van der Waals surface area contributed by atoms with Gasteiger partial charge >= 0.3 is 0 Å². The van der Waals surface area contributed by atoms with Gasteiger partial charge in [-0.15, -0.1) is 0 Å². The number of carbonyl (C=O) groups is 1. The Bertz CT molecular complexity index is 621. The molecule has 110 valence electrons. The van der Waals surface area contributed by atoms with E-state index < -0.39 is 10.0 Å². The highest BCUT2D eigenvalue weighted by Gasteiger charge is 2.25. The molecule has 1 aliphatic carbocycles. The minimum atomic E-state index is -3.80. The Kier molecular flexibility index (Phi) is 4.15. The summed E-state index contributed by atoms with van der Waals surface area (Å²) in [5, 5.41) is 8.04. The lowest BCUT2D eigenvalue weighted by Crippen LogP contribution is -2.40. The summed E-state index contributed by atoms with van der Waals surface area (Å²) in [6, 6.07) is 4.55. The summed E-state index contributed by atoms with van der Waals surface area (Å²) in [5.41, 5.74) is 1.03. The Labute approximate surface area is 119 Å². The van der Waals surface area contributed by atoms with Crippen LogP contribution in [0.15, 0.2) is 23.1 Å². The Hall–Kier alpha value is -1.40. The van der Waals surface area contributed by atoms with Crippen LogP contribution < -0.4 is 10.5 Å². The van der Waals surface area contributed by atoms with Gasteiger partial charge in [0.25, 0.3) is 5.91 Å². The normalized spacial score (nSPS) is 17.4. The van der Waals surface area contributed by atoms with Crippen molar-refractivity contribution in [2.24, 2.45) is 11.1 Å². The van der Waals surface area contributed by atoms with E-state index in [2.05, 4.69) is 5.32 Å². The second-order valence-electron chi connectivity index (χ2n) is 5.53. The van der Waals surface area contributed by atoms with E-state index >= 15 is 0 Å². The van der Waals surface area contributed by atoms with Gasteiger partial charge in [-0.1, -0.05) is 6.42 Å². The lowest BCUT2D eigenvalue weighted by atomic mass is 9.80. The number of benzene rings is 1. The number of hydrogen-bond donors (Lipinski definition) is 2. The van der Waals surface area contributed by atoms with Gasteiger partial charge in [0.2, 0.25) is 10.0 Å². The number of rotatable bonds is 4. The molecule has 20 heavy (non-hydrogen) atoms. The zero-order valence-corrected chi connectivity index (χ0v) is 12.5. The second kappa shape index (κ2) is 5.54. The summed E-state index contributed by atoms with van der Waals surface area (Å²) < 4.78 is 22.8. The van der Waals surface area contributed by atoms with Crippen LogP contribution in [0.4, 0.5) is 0 Å². The van der Waals surface area contributed by atoms with Crippen molar-refractivity contribution in [2.45, 2.75) is 44.0 Å². The van der Waals surface area contributed by atoms with Gasteiger partial charge in [-0.3, -0.25) is 4.79 Å². The van der Waals surface area contributed by atoms with Gasteiger partial charge in [0.15, 0.2) is 0 Å². The third-order valence-electron chi connectivity index (χ3n) is 3.86. The molecule has 1 aliphatic rings. The molecule has 1 atom stereocenters. The average molecular weight is 296 g/mol. The van der Waals surface area contributed by atoms with Crippen molar-refractivity contribution in [1.29, 1.82) is 0 Å². The molecule has 0 spiro atoms. The van der Waals surface area contributed by atoms with Crippen LogP contribution >= 0.6 is 0 Å². The number of nitrogens with one attached hydrogen (secondary N) is 1. The fourth-order valence-corrected chi connectivity index (χ4v) is 3.03. The van der Waals surface area contributed by atoms with Crippen molar-refractivity contribution >= 4 is 15.9 Å². The summed E-state index contributed by atoms with van der Waals surface area (Å²) in [7, 11) is -3.80. The third-order valence-corrected chi connectivity index (χ3v) is 4.75. The number of carbonyl (C=O) groups excluding carboxylic acids is 1. The molecule has 1 aromatic carbocycles. The summed E-state index contributed by atoms with van der Waals surface area (Å²) in [6.45, 7) is 3.72. The van der Waals surface area contributed by atoms with E-state index in [1.807, 2.05) is 6.92 Å². The zero-order chi connectivity index (χ0) is 14.9. The maximum Gasteiger partial charge on any atom is 0.251 e. The van der Waals surface area contributed by atoms with Crippen LogP contribution in [0.3, 0.4) is 0 Å². The van der Waals surface area contributed by atoms with E-state index in [1.165, 1.54) is 18.6 Å². The van der Waals surface area contributed by atoms with E-state index in [9.17, 15) is 13.2 Å². The van der Waals surface area contributed by atoms with E-state index in [-0.39, 0.29) is 16.8 Å². The lowest BCUT2D eigenvalue weighted by Gasteiger charge is -2.31. The van der Waals surface area contributed by atoms with Crippen LogP contribution in [0.1, 0.15) is 42.1 Å². The number of amides is 1. The maximum atomic E-state index is 12.2. The summed E-state index contributed by atoms with van der Waals surface area (Å²) >= 11 is 0. The molecule has 0 bridgehead atoms. The predicted molar refractivity (Wildman–Crippen MR) is 76.8 cm³/mol. The van der Waals surface area contributed by atoms with Crippen LogP contribution in [-0.4, -0.2) is 20.4 Å². The maximum absolute atomic E-state index is 12.2. The van der Waals surface area contributed by atoms with Crippen molar-refractivity contribution in [3.8, 4) is 0 Å². The molecule has 3 N–H and O–H groups in total. The first-order valence-electron chi connectivity index (χ1n) is 6.73. The number of nitrogens with two attached hydrogens (primary N) is 1. The summed E-state index contributed by atoms with van der Waals surface area (Å²) in [4.78, 5) is 12.2. The van der Waals surface area contributed by atoms with Gasteiger partial charge in [-0.25, -0.2) is 13.6 Å². The predicted octanol–water partition coefficient (Wildman–Crippen LogP) is 1.56. The number of hydrogen-bond acceptors (Lipinski definition) is 3. The minimum Gasteiger partial charge on any atom is -0.349 e. The van der Waals surface area contributed by atoms with Gasteiger partial charge in [-0.2, -0.15) is 0 Å². The monoisotopic (exact) mass is 296 g/mol. The van der Waals surface area contributed by atoms with Crippen LogP contribution in [0, 0.1) is 12.8 Å². The lowest BCUT2D eigenvalue weighted by molar-refractivity contribution is 0.0909. The van der Waals surface area contributed by atoms with E-state index in [4.69, 9.17) is 5.14 Å². The van der Waals surface area contributed by atoms with E-state index in [0.29, 0.717) is 17.0 Å². The number of primary sulfonamides is 1. The van der Waals surface area contributed by atoms with Gasteiger partial charge in [0, 0.05) is 11.6 Å². The Morgan fingerprint density at radius 1 is 1.35 bits per heavy atom. The molecule has 5 nitrogen and oxygen atoms in total. The van der Waals surface area contributed by atoms with Gasteiger partial charge in [0.1, 0.15) is 0 Å². The highest BCUT2D eigenvalue weighted by atomic mass is 32.2. The first kappa shape index (κ1) is 15.0. The molecule has 1 amide bonds. The third kappa shape index (κ3) is 3.37. The van der Waals surface area contributed by atoms with Gasteiger partial charge in [-0.05, 0) is 56.4 Å². The smallest absolute Gasteiger partial charge is 0.251 e. The van der Waals surface area contributed by atoms with Crippen LogP contribution in [0.2, 0.25) is 0 Å². The zero-order valence-electron chi connectivity index (χ0n) is 11.7. The number of sulfonamides is 1. The van der Waals surface area contributed by atoms with Gasteiger partial charge < -0.3 is 5.32 Å². The highest BCUT2D eigenvalue weighted by molar-refractivity contribution is 7.89. The second-order valence-corrected chi connectivity index (χ2v) is 7.09. The molecule has 2 rings (SSSR count). The minimum absolute atomic E-state index is 0.0288. The molecule has 1 unspecified atom stereocenters. The summed E-state index contributed by atoms with van der Waals surface area (Å²) in [6.07, 6.45) is 3.49. The summed E-state index contributed by atoms with van der Waals surface area (Å²) in [5.74, 6) is 0.277. The standard InChI is InChI=1S/C14H20N2O3S/c1-9-6-12(8-13(7-9)20(15,18)19)14(17)16-10(2)11-4-3-5-11/h6-8,10-11H,3-5H2,1-2H3,(H,16,17)(H2,15,18,19).